The number of nitrogens with zero attached hydrogens (tertiary/aromatic N) is 3. The van der Waals surface area contributed by atoms with E-state index in [1.807, 2.05) is 6.20 Å². The van der Waals surface area contributed by atoms with E-state index in [1.54, 1.807) is 6.33 Å². The maximum Gasteiger partial charge on any atom is 0.123 e. The molecule has 4 aliphatic rings. The van der Waals surface area contributed by atoms with E-state index in [0.717, 1.165) is 34.1 Å². The molecule has 1 aromatic heterocycles. The van der Waals surface area contributed by atoms with E-state index in [0.29, 0.717) is 5.92 Å². The SMILES string of the molecule is CC1(C)c2ccc(N3c4cncnc4-c4cc(-c5ccccc5)cc5cccc3c45)cc2[C@H]2C3Oc4ccccc4C3C=CC21. The van der Waals surface area contributed by atoms with Gasteiger partial charge < -0.3 is 9.64 Å². The van der Waals surface area contributed by atoms with Crippen molar-refractivity contribution in [1.29, 1.82) is 0 Å². The summed E-state index contributed by atoms with van der Waals surface area (Å²) >= 11 is 0. The number of benzene rings is 5. The minimum atomic E-state index is 0.00149. The van der Waals surface area contributed by atoms with Crippen molar-refractivity contribution < 1.29 is 4.74 Å². The molecule has 216 valence electrons. The molecule has 45 heavy (non-hydrogen) atoms. The second kappa shape index (κ2) is 8.92. The average molecular weight is 582 g/mol. The number of para-hydroxylation sites is 1. The normalized spacial score (nSPS) is 22.7. The van der Waals surface area contributed by atoms with Crippen LogP contribution in [-0.2, 0) is 5.41 Å². The Hall–Kier alpha value is -5.22. The van der Waals surface area contributed by atoms with Gasteiger partial charge in [-0.2, -0.15) is 0 Å². The molecule has 4 nitrogen and oxygen atoms in total. The van der Waals surface area contributed by atoms with Gasteiger partial charge >= 0.3 is 0 Å². The van der Waals surface area contributed by atoms with Crippen LogP contribution >= 0.6 is 0 Å². The van der Waals surface area contributed by atoms with Gasteiger partial charge in [-0.05, 0) is 75.4 Å². The molecule has 3 unspecified atom stereocenters. The van der Waals surface area contributed by atoms with Gasteiger partial charge in [0.2, 0.25) is 0 Å². The molecule has 5 aromatic carbocycles. The first-order valence-electron chi connectivity index (χ1n) is 15.9. The van der Waals surface area contributed by atoms with Crippen molar-refractivity contribution in [3.05, 3.63) is 144 Å². The molecule has 10 rings (SSSR count). The fraction of sp³-hybridized carbons (Fsp3) is 0.171. The number of fused-ring (bicyclic) bond motifs is 9. The van der Waals surface area contributed by atoms with Crippen LogP contribution in [-0.4, -0.2) is 16.1 Å². The second-order valence-electron chi connectivity index (χ2n) is 13.4. The molecular weight excluding hydrogens is 550 g/mol. The van der Waals surface area contributed by atoms with Crippen LogP contribution in [0.5, 0.6) is 5.75 Å². The van der Waals surface area contributed by atoms with Gasteiger partial charge in [-0.3, -0.25) is 0 Å². The molecule has 4 atom stereocenters. The van der Waals surface area contributed by atoms with Gasteiger partial charge in [0.05, 0.1) is 23.3 Å². The Morgan fingerprint density at radius 2 is 1.62 bits per heavy atom. The number of hydrogen-bond acceptors (Lipinski definition) is 4. The van der Waals surface area contributed by atoms with Crippen molar-refractivity contribution in [3.8, 4) is 28.1 Å². The summed E-state index contributed by atoms with van der Waals surface area (Å²) in [6.45, 7) is 4.79. The molecule has 0 fully saturated rings. The Balaban J connectivity index is 1.16. The predicted octanol–water partition coefficient (Wildman–Crippen LogP) is 9.85. The molecule has 0 saturated carbocycles. The lowest BCUT2D eigenvalue weighted by Gasteiger charge is -2.36. The molecule has 6 aromatic rings. The number of anilines is 3. The quantitative estimate of drug-likeness (QED) is 0.191. The van der Waals surface area contributed by atoms with E-state index in [1.165, 1.54) is 38.6 Å². The van der Waals surface area contributed by atoms with E-state index < -0.39 is 0 Å². The summed E-state index contributed by atoms with van der Waals surface area (Å²) in [5.74, 6) is 1.94. The van der Waals surface area contributed by atoms with Crippen molar-refractivity contribution in [2.45, 2.75) is 37.2 Å². The van der Waals surface area contributed by atoms with Crippen LogP contribution in [0, 0.1) is 5.92 Å². The maximum absolute atomic E-state index is 6.77. The molecule has 4 heteroatoms. The van der Waals surface area contributed by atoms with E-state index in [9.17, 15) is 0 Å². The van der Waals surface area contributed by atoms with Crippen molar-refractivity contribution in [2.75, 3.05) is 4.90 Å². The molecule has 2 aliphatic heterocycles. The predicted molar refractivity (Wildman–Crippen MR) is 181 cm³/mol. The van der Waals surface area contributed by atoms with Crippen LogP contribution in [0.4, 0.5) is 17.1 Å². The zero-order valence-electron chi connectivity index (χ0n) is 25.2. The topological polar surface area (TPSA) is 38.2 Å². The van der Waals surface area contributed by atoms with Crippen LogP contribution in [0.2, 0.25) is 0 Å². The lowest BCUT2D eigenvalue weighted by molar-refractivity contribution is 0.145. The molecule has 3 heterocycles. The number of allylic oxidation sites excluding steroid dienone is 1. The third-order valence-electron chi connectivity index (χ3n) is 10.8. The first-order chi connectivity index (χ1) is 22.1. The Labute approximate surface area is 262 Å². The molecule has 0 amide bonds. The minimum absolute atomic E-state index is 0.00149. The van der Waals surface area contributed by atoms with E-state index >= 15 is 0 Å². The molecule has 2 aliphatic carbocycles. The van der Waals surface area contributed by atoms with Gasteiger partial charge in [-0.15, -0.1) is 0 Å². The molecule has 0 N–H and O–H groups in total. The van der Waals surface area contributed by atoms with Crippen LogP contribution in [0.25, 0.3) is 33.2 Å². The molecule has 0 bridgehead atoms. The number of hydrogen-bond donors (Lipinski definition) is 0. The minimum Gasteiger partial charge on any atom is -0.488 e. The fourth-order valence-corrected chi connectivity index (χ4v) is 8.80. The second-order valence-corrected chi connectivity index (χ2v) is 13.4. The van der Waals surface area contributed by atoms with Gasteiger partial charge in [-0.25, -0.2) is 9.97 Å². The summed E-state index contributed by atoms with van der Waals surface area (Å²) in [4.78, 5) is 11.8. The Kier molecular flexibility index (Phi) is 4.98. The maximum atomic E-state index is 6.77. The van der Waals surface area contributed by atoms with E-state index in [2.05, 4.69) is 139 Å². The van der Waals surface area contributed by atoms with Gasteiger partial charge in [0, 0.05) is 34.0 Å². The summed E-state index contributed by atoms with van der Waals surface area (Å²) in [6, 6.07) is 37.5. The first kappa shape index (κ1) is 25.1. The molecule has 0 saturated heterocycles. The average Bonchev–Trinajstić information content (AvgIpc) is 3.57. The fourth-order valence-electron chi connectivity index (χ4n) is 8.80. The van der Waals surface area contributed by atoms with Crippen LogP contribution in [0.15, 0.2) is 128 Å². The highest BCUT2D eigenvalue weighted by Crippen LogP contribution is 2.61. The van der Waals surface area contributed by atoms with E-state index in [-0.39, 0.29) is 23.4 Å². The zero-order chi connectivity index (χ0) is 29.9. The lowest BCUT2D eigenvalue weighted by Crippen LogP contribution is -2.36. The highest BCUT2D eigenvalue weighted by atomic mass is 16.5. The summed E-state index contributed by atoms with van der Waals surface area (Å²) in [5, 5.41) is 2.43. The van der Waals surface area contributed by atoms with Gasteiger partial charge in [-0.1, -0.05) is 92.7 Å². The van der Waals surface area contributed by atoms with Crippen molar-refractivity contribution in [1.82, 2.24) is 9.97 Å². The number of ether oxygens (including phenoxy) is 1. The summed E-state index contributed by atoms with van der Waals surface area (Å²) in [7, 11) is 0. The van der Waals surface area contributed by atoms with Gasteiger partial charge in [0.1, 0.15) is 18.2 Å². The summed E-state index contributed by atoms with van der Waals surface area (Å²) in [6.07, 6.45) is 8.61. The summed E-state index contributed by atoms with van der Waals surface area (Å²) < 4.78 is 6.77. The van der Waals surface area contributed by atoms with E-state index in [4.69, 9.17) is 9.72 Å². The molecule has 0 radical (unpaired) electrons. The van der Waals surface area contributed by atoms with Crippen LogP contribution in [0.3, 0.4) is 0 Å². The Morgan fingerprint density at radius 3 is 2.53 bits per heavy atom. The van der Waals surface area contributed by atoms with Crippen LogP contribution < -0.4 is 9.64 Å². The number of rotatable bonds is 2. The van der Waals surface area contributed by atoms with Gasteiger partial charge in [0.25, 0.3) is 0 Å². The third-order valence-corrected chi connectivity index (χ3v) is 10.8. The van der Waals surface area contributed by atoms with Crippen molar-refractivity contribution in [2.24, 2.45) is 5.92 Å². The standard InChI is InChI=1S/C41H31N3O/c1-41(2)32-17-15-27(21-30(32)38-33(41)18-16-29-28-12-6-7-14-36(28)45-40(29)38)44-34-13-8-11-25-19-26(24-9-4-3-5-10-24)20-31(37(25)34)39-35(44)22-42-23-43-39/h3-23,29,33,38,40H,1-2H3/t29?,33?,38-,40?/m1/s1. The highest BCUT2D eigenvalue weighted by molar-refractivity contribution is 6.14. The number of aromatic nitrogens is 2. The van der Waals surface area contributed by atoms with Crippen molar-refractivity contribution >= 4 is 27.8 Å². The third kappa shape index (κ3) is 3.37. The molecular formula is C41H31N3O. The molecule has 0 spiro atoms. The van der Waals surface area contributed by atoms with Gasteiger partial charge in [0.15, 0.2) is 0 Å². The summed E-state index contributed by atoms with van der Waals surface area (Å²) in [5.41, 5.74) is 11.9. The Morgan fingerprint density at radius 1 is 0.756 bits per heavy atom. The highest BCUT2D eigenvalue weighted by Gasteiger charge is 2.54. The first-order valence-corrected chi connectivity index (χ1v) is 15.9. The largest absolute Gasteiger partial charge is 0.488 e. The Bertz CT molecular complexity index is 2220. The monoisotopic (exact) mass is 581 g/mol. The van der Waals surface area contributed by atoms with Crippen molar-refractivity contribution in [3.63, 3.8) is 0 Å². The lowest BCUT2D eigenvalue weighted by atomic mass is 9.69. The zero-order valence-corrected chi connectivity index (χ0v) is 25.2. The van der Waals surface area contributed by atoms with Crippen LogP contribution in [0.1, 0.15) is 42.4 Å². The smallest absolute Gasteiger partial charge is 0.123 e.